The lowest BCUT2D eigenvalue weighted by molar-refractivity contribution is 0.669. The molecule has 11 aromatic rings. The summed E-state index contributed by atoms with van der Waals surface area (Å²) < 4.78 is 10.1. The Kier molecular flexibility index (Phi) is 6.83. The zero-order chi connectivity index (χ0) is 34.9. The van der Waals surface area contributed by atoms with Gasteiger partial charge >= 0.3 is 0 Å². The zero-order valence-corrected chi connectivity index (χ0v) is 29.7. The number of furan rings is 1. The smallest absolute Gasteiger partial charge is 0.167 e. The van der Waals surface area contributed by atoms with Crippen molar-refractivity contribution in [2.75, 3.05) is 0 Å². The molecule has 11 rings (SSSR count). The van der Waals surface area contributed by atoms with E-state index in [0.29, 0.717) is 17.5 Å². The molecular formula is C46H26N4OS2. The maximum absolute atomic E-state index is 6.42. The van der Waals surface area contributed by atoms with Crippen molar-refractivity contribution >= 4 is 75.0 Å². The molecule has 0 fully saturated rings. The molecule has 0 unspecified atom stereocenters. The van der Waals surface area contributed by atoms with E-state index >= 15 is 0 Å². The number of aromatic nitrogens is 4. The third-order valence-electron chi connectivity index (χ3n) is 9.78. The van der Waals surface area contributed by atoms with Crippen molar-refractivity contribution in [2.24, 2.45) is 0 Å². The van der Waals surface area contributed by atoms with Gasteiger partial charge in [-0.1, -0.05) is 115 Å². The molecule has 0 atom stereocenters. The number of thiazole rings is 1. The van der Waals surface area contributed by atoms with E-state index in [2.05, 4.69) is 91.0 Å². The minimum Gasteiger partial charge on any atom is -0.455 e. The van der Waals surface area contributed by atoms with Gasteiger partial charge in [-0.3, -0.25) is 0 Å². The van der Waals surface area contributed by atoms with Crippen LogP contribution in [0, 0.1) is 0 Å². The fourth-order valence-electron chi connectivity index (χ4n) is 7.25. The zero-order valence-electron chi connectivity index (χ0n) is 28.0. The number of fused-ring (bicyclic) bond motifs is 7. The maximum atomic E-state index is 6.42. The molecule has 7 heteroatoms. The van der Waals surface area contributed by atoms with Gasteiger partial charge < -0.3 is 4.42 Å². The number of nitrogens with zero attached hydrogens (tertiary/aromatic N) is 4. The predicted molar refractivity (Wildman–Crippen MR) is 220 cm³/mol. The van der Waals surface area contributed by atoms with Crippen LogP contribution in [-0.2, 0) is 0 Å². The topological polar surface area (TPSA) is 64.7 Å². The van der Waals surface area contributed by atoms with Crippen molar-refractivity contribution in [1.29, 1.82) is 0 Å². The van der Waals surface area contributed by atoms with E-state index in [-0.39, 0.29) is 0 Å². The third-order valence-corrected chi connectivity index (χ3v) is 12.1. The summed E-state index contributed by atoms with van der Waals surface area (Å²) >= 11 is 3.56. The van der Waals surface area contributed by atoms with Crippen LogP contribution in [0.3, 0.4) is 0 Å². The van der Waals surface area contributed by atoms with Gasteiger partial charge in [-0.05, 0) is 53.6 Å². The first-order chi connectivity index (χ1) is 26.2. The molecule has 0 aliphatic carbocycles. The number of thiophene rings is 1. The Balaban J connectivity index is 1.05. The second kappa shape index (κ2) is 12.0. The van der Waals surface area contributed by atoms with Gasteiger partial charge in [0.05, 0.1) is 15.8 Å². The summed E-state index contributed by atoms with van der Waals surface area (Å²) in [6.07, 6.45) is 0. The molecule has 4 heterocycles. The quantitative estimate of drug-likeness (QED) is 0.178. The van der Waals surface area contributed by atoms with Crippen LogP contribution in [0.5, 0.6) is 0 Å². The molecule has 0 aliphatic heterocycles. The Morgan fingerprint density at radius 2 is 1.09 bits per heavy atom. The second-order valence-corrected chi connectivity index (χ2v) is 15.1. The van der Waals surface area contributed by atoms with Crippen molar-refractivity contribution in [1.82, 2.24) is 19.9 Å². The average Bonchev–Trinajstić information content (AvgIpc) is 3.94. The Labute approximate surface area is 311 Å². The molecule has 53 heavy (non-hydrogen) atoms. The summed E-state index contributed by atoms with van der Waals surface area (Å²) in [4.78, 5) is 20.1. The first-order valence-electron chi connectivity index (χ1n) is 17.4. The molecular weight excluding hydrogens is 689 g/mol. The molecule has 5 nitrogen and oxygen atoms in total. The number of hydrogen-bond donors (Lipinski definition) is 0. The summed E-state index contributed by atoms with van der Waals surface area (Å²) in [5.74, 6) is 1.78. The average molecular weight is 715 g/mol. The highest BCUT2D eigenvalue weighted by Gasteiger charge is 2.19. The summed E-state index contributed by atoms with van der Waals surface area (Å²) in [7, 11) is 0. The van der Waals surface area contributed by atoms with Gasteiger partial charge in [0.2, 0.25) is 0 Å². The number of para-hydroxylation sites is 3. The Morgan fingerprint density at radius 3 is 2.00 bits per heavy atom. The highest BCUT2D eigenvalue weighted by atomic mass is 32.1. The standard InChI is InChI=1S/C46H26N4OS2/c1-2-11-27(12-3-1)43-48-44(50-45(49-43)35-19-10-17-33-32-15-4-6-21-38(32)51-41(33)35)29-14-8-13-28(25-29)31-16-9-18-34-36-26-30(23-24-39(36)52-42(31)34)46-47-37-20-5-7-22-40(37)53-46/h1-26H. The van der Waals surface area contributed by atoms with Gasteiger partial charge in [-0.25, -0.2) is 19.9 Å². The van der Waals surface area contributed by atoms with Crippen LogP contribution < -0.4 is 0 Å². The summed E-state index contributed by atoms with van der Waals surface area (Å²) in [5, 5.41) is 5.63. The van der Waals surface area contributed by atoms with E-state index < -0.39 is 0 Å². The van der Waals surface area contributed by atoms with Gasteiger partial charge in [0.25, 0.3) is 0 Å². The molecule has 4 aromatic heterocycles. The second-order valence-electron chi connectivity index (χ2n) is 13.0. The highest BCUT2D eigenvalue weighted by molar-refractivity contribution is 7.26. The Morgan fingerprint density at radius 1 is 0.396 bits per heavy atom. The van der Waals surface area contributed by atoms with Crippen LogP contribution in [0.4, 0.5) is 0 Å². The van der Waals surface area contributed by atoms with Crippen molar-refractivity contribution in [3.63, 3.8) is 0 Å². The first kappa shape index (κ1) is 30.1. The van der Waals surface area contributed by atoms with E-state index in [9.17, 15) is 0 Å². The molecule has 0 amide bonds. The van der Waals surface area contributed by atoms with Gasteiger partial charge in [0.1, 0.15) is 16.2 Å². The molecule has 0 N–H and O–H groups in total. The van der Waals surface area contributed by atoms with Crippen LogP contribution >= 0.6 is 22.7 Å². The van der Waals surface area contributed by atoms with Gasteiger partial charge in [0, 0.05) is 47.6 Å². The Hall–Kier alpha value is -6.54. The minimum atomic E-state index is 0.569. The summed E-state index contributed by atoms with van der Waals surface area (Å²) in [6.45, 7) is 0. The molecule has 0 spiro atoms. The van der Waals surface area contributed by atoms with E-state index in [1.54, 1.807) is 11.3 Å². The molecule has 0 saturated heterocycles. The lowest BCUT2D eigenvalue weighted by atomic mass is 10.00. The van der Waals surface area contributed by atoms with E-state index in [1.165, 1.54) is 30.4 Å². The van der Waals surface area contributed by atoms with Gasteiger partial charge in [-0.2, -0.15) is 0 Å². The lowest BCUT2D eigenvalue weighted by Gasteiger charge is -2.10. The lowest BCUT2D eigenvalue weighted by Crippen LogP contribution is -2.00. The molecule has 248 valence electrons. The summed E-state index contributed by atoms with van der Waals surface area (Å²) in [5.41, 5.74) is 8.73. The van der Waals surface area contributed by atoms with Crippen LogP contribution in [0.15, 0.2) is 162 Å². The van der Waals surface area contributed by atoms with E-state index in [4.69, 9.17) is 24.4 Å². The fraction of sp³-hybridized carbons (Fsp3) is 0. The van der Waals surface area contributed by atoms with Crippen molar-refractivity contribution in [2.45, 2.75) is 0 Å². The maximum Gasteiger partial charge on any atom is 0.167 e. The van der Waals surface area contributed by atoms with Crippen LogP contribution in [0.2, 0.25) is 0 Å². The molecule has 0 aliphatic rings. The molecule has 0 radical (unpaired) electrons. The molecule has 7 aromatic carbocycles. The van der Waals surface area contributed by atoms with Crippen LogP contribution in [-0.4, -0.2) is 19.9 Å². The predicted octanol–water partition coefficient (Wildman–Crippen LogP) is 13.1. The SMILES string of the molecule is c1ccc(-c2nc(-c3cccc(-c4cccc5c4sc4ccc(-c6nc7ccccc7s6)cc45)c3)nc(-c3cccc4c3oc3ccccc34)n2)cc1. The molecule has 0 bridgehead atoms. The van der Waals surface area contributed by atoms with Gasteiger partial charge in [0.15, 0.2) is 17.5 Å². The minimum absolute atomic E-state index is 0.569. The van der Waals surface area contributed by atoms with Crippen LogP contribution in [0.25, 0.3) is 108 Å². The van der Waals surface area contributed by atoms with Crippen molar-refractivity contribution in [3.8, 4) is 55.9 Å². The highest BCUT2D eigenvalue weighted by Crippen LogP contribution is 2.43. The monoisotopic (exact) mass is 714 g/mol. The third kappa shape index (κ3) is 5.04. The summed E-state index contributed by atoms with van der Waals surface area (Å²) in [6, 6.07) is 54.5. The Bertz CT molecular complexity index is 3160. The molecule has 0 saturated carbocycles. The number of rotatable bonds is 5. The van der Waals surface area contributed by atoms with Crippen molar-refractivity contribution in [3.05, 3.63) is 158 Å². The largest absolute Gasteiger partial charge is 0.455 e. The number of benzene rings is 7. The van der Waals surface area contributed by atoms with E-state index in [0.717, 1.165) is 60.3 Å². The normalized spacial score (nSPS) is 11.8. The van der Waals surface area contributed by atoms with Gasteiger partial charge in [-0.15, -0.1) is 22.7 Å². The number of hydrogen-bond acceptors (Lipinski definition) is 7. The van der Waals surface area contributed by atoms with Crippen LogP contribution in [0.1, 0.15) is 0 Å². The van der Waals surface area contributed by atoms with E-state index in [1.807, 2.05) is 78.1 Å². The first-order valence-corrected chi connectivity index (χ1v) is 19.0. The fourth-order valence-corrected chi connectivity index (χ4v) is 9.43. The van der Waals surface area contributed by atoms with Crippen molar-refractivity contribution < 1.29 is 4.42 Å².